The summed E-state index contributed by atoms with van der Waals surface area (Å²) in [5.41, 5.74) is 2.28. The number of morpholine rings is 1. The van der Waals surface area contributed by atoms with E-state index in [1.165, 1.54) is 0 Å². The average Bonchev–Trinajstić information content (AvgIpc) is 2.67. The van der Waals surface area contributed by atoms with Crippen LogP contribution in [0.2, 0.25) is 0 Å². The molecule has 2 aromatic rings. The molecule has 0 N–H and O–H groups in total. The number of rotatable bonds is 5. The monoisotopic (exact) mass is 339 g/mol. The minimum Gasteiger partial charge on any atom is -0.497 e. The van der Waals surface area contributed by atoms with Crippen LogP contribution in [0.3, 0.4) is 0 Å². The largest absolute Gasteiger partial charge is 0.497 e. The van der Waals surface area contributed by atoms with Crippen LogP contribution >= 0.6 is 0 Å². The Hall–Kier alpha value is -2.33. The molecular weight excluding hydrogens is 314 g/mol. The van der Waals surface area contributed by atoms with E-state index in [4.69, 9.17) is 9.47 Å². The van der Waals surface area contributed by atoms with Crippen molar-refractivity contribution in [2.24, 2.45) is 0 Å². The van der Waals surface area contributed by atoms with E-state index in [1.807, 2.05) is 54.3 Å². The molecule has 2 unspecified atom stereocenters. The van der Waals surface area contributed by atoms with Crippen molar-refractivity contribution in [2.45, 2.75) is 31.9 Å². The molecule has 3 rings (SSSR count). The molecule has 0 bridgehead atoms. The second-order valence-electron chi connectivity index (χ2n) is 6.48. The Morgan fingerprint density at radius 3 is 2.56 bits per heavy atom. The van der Waals surface area contributed by atoms with Gasteiger partial charge < -0.3 is 14.4 Å². The van der Waals surface area contributed by atoms with E-state index in [1.54, 1.807) is 7.11 Å². The quantitative estimate of drug-likeness (QED) is 0.835. The summed E-state index contributed by atoms with van der Waals surface area (Å²) in [4.78, 5) is 14.7. The van der Waals surface area contributed by atoms with Gasteiger partial charge in [0.15, 0.2) is 0 Å². The maximum Gasteiger partial charge on any atom is 0.223 e. The van der Waals surface area contributed by atoms with Crippen LogP contribution in [0.1, 0.15) is 30.6 Å². The second kappa shape index (κ2) is 8.17. The van der Waals surface area contributed by atoms with Gasteiger partial charge in [-0.3, -0.25) is 4.79 Å². The minimum absolute atomic E-state index is 0.0395. The molecule has 0 radical (unpaired) electrons. The van der Waals surface area contributed by atoms with Gasteiger partial charge in [0.05, 0.1) is 26.3 Å². The van der Waals surface area contributed by atoms with Crippen molar-refractivity contribution < 1.29 is 14.3 Å². The van der Waals surface area contributed by atoms with Crippen LogP contribution in [0.5, 0.6) is 5.75 Å². The van der Waals surface area contributed by atoms with Crippen LogP contribution in [0.4, 0.5) is 0 Å². The van der Waals surface area contributed by atoms with Crippen molar-refractivity contribution in [1.29, 1.82) is 0 Å². The molecule has 1 heterocycles. The van der Waals surface area contributed by atoms with Crippen molar-refractivity contribution in [3.8, 4) is 5.75 Å². The number of methoxy groups -OCH3 is 1. The summed E-state index contributed by atoms with van der Waals surface area (Å²) in [5, 5.41) is 0. The molecule has 4 heteroatoms. The van der Waals surface area contributed by atoms with Crippen molar-refractivity contribution in [2.75, 3.05) is 20.3 Å². The fourth-order valence-electron chi connectivity index (χ4n) is 3.16. The van der Waals surface area contributed by atoms with Gasteiger partial charge in [-0.1, -0.05) is 42.5 Å². The number of hydrogen-bond acceptors (Lipinski definition) is 3. The van der Waals surface area contributed by atoms with Crippen molar-refractivity contribution in [3.63, 3.8) is 0 Å². The average molecular weight is 339 g/mol. The molecule has 1 amide bonds. The summed E-state index contributed by atoms with van der Waals surface area (Å²) in [6.45, 7) is 3.24. The van der Waals surface area contributed by atoms with Crippen molar-refractivity contribution >= 4 is 5.91 Å². The molecule has 0 spiro atoms. The number of amides is 1. The molecule has 1 saturated heterocycles. The summed E-state index contributed by atoms with van der Waals surface area (Å²) < 4.78 is 11.1. The predicted octanol–water partition coefficient (Wildman–Crippen LogP) is 3.62. The van der Waals surface area contributed by atoms with Crippen LogP contribution < -0.4 is 4.74 Å². The summed E-state index contributed by atoms with van der Waals surface area (Å²) in [6, 6.07) is 18.1. The van der Waals surface area contributed by atoms with E-state index in [2.05, 4.69) is 12.1 Å². The molecule has 0 saturated carbocycles. The maximum absolute atomic E-state index is 12.7. The Balaban J connectivity index is 1.59. The van der Waals surface area contributed by atoms with Gasteiger partial charge in [-0.05, 0) is 36.6 Å². The number of carbonyl (C=O) groups is 1. The highest BCUT2D eigenvalue weighted by Gasteiger charge is 2.30. The lowest BCUT2D eigenvalue weighted by Crippen LogP contribution is -2.48. The standard InChI is InChI=1S/C21H25NO3/c1-16-15-25-20(18-6-4-3-5-7-18)14-22(16)21(23)13-10-17-8-11-19(24-2)12-9-17/h3-9,11-12,16,20H,10,13-15H2,1-2H3. The van der Waals surface area contributed by atoms with E-state index >= 15 is 0 Å². The predicted molar refractivity (Wildman–Crippen MR) is 97.6 cm³/mol. The fraction of sp³-hybridized carbons (Fsp3) is 0.381. The summed E-state index contributed by atoms with van der Waals surface area (Å²) >= 11 is 0. The first-order valence-electron chi connectivity index (χ1n) is 8.76. The fourth-order valence-corrected chi connectivity index (χ4v) is 3.16. The Bertz CT molecular complexity index is 684. The summed E-state index contributed by atoms with van der Waals surface area (Å²) in [6.07, 6.45) is 1.21. The number of hydrogen-bond donors (Lipinski definition) is 0. The van der Waals surface area contributed by atoms with Crippen molar-refractivity contribution in [3.05, 3.63) is 65.7 Å². The Labute approximate surface area is 149 Å². The highest BCUT2D eigenvalue weighted by molar-refractivity contribution is 5.77. The molecule has 1 aliphatic heterocycles. The molecular formula is C21H25NO3. The molecule has 25 heavy (non-hydrogen) atoms. The first-order valence-corrected chi connectivity index (χ1v) is 8.76. The van der Waals surface area contributed by atoms with Gasteiger partial charge in [0.1, 0.15) is 11.9 Å². The van der Waals surface area contributed by atoms with Crippen LogP contribution in [0.15, 0.2) is 54.6 Å². The van der Waals surface area contributed by atoms with E-state index in [-0.39, 0.29) is 18.1 Å². The Kier molecular flexibility index (Phi) is 5.71. The van der Waals surface area contributed by atoms with E-state index < -0.39 is 0 Å². The molecule has 4 nitrogen and oxygen atoms in total. The van der Waals surface area contributed by atoms with Crippen LogP contribution in [0.25, 0.3) is 0 Å². The maximum atomic E-state index is 12.7. The highest BCUT2D eigenvalue weighted by atomic mass is 16.5. The summed E-state index contributed by atoms with van der Waals surface area (Å²) in [5.74, 6) is 1.02. The summed E-state index contributed by atoms with van der Waals surface area (Å²) in [7, 11) is 1.65. The van der Waals surface area contributed by atoms with Gasteiger partial charge in [-0.25, -0.2) is 0 Å². The first kappa shape index (κ1) is 17.5. The minimum atomic E-state index is -0.0395. The number of carbonyl (C=O) groups excluding carboxylic acids is 1. The molecule has 2 aromatic carbocycles. The topological polar surface area (TPSA) is 38.8 Å². The molecule has 1 aliphatic rings. The smallest absolute Gasteiger partial charge is 0.223 e. The molecule has 2 atom stereocenters. The third-order valence-electron chi connectivity index (χ3n) is 4.71. The van der Waals surface area contributed by atoms with Crippen LogP contribution in [-0.2, 0) is 16.0 Å². The normalized spacial score (nSPS) is 20.3. The zero-order valence-corrected chi connectivity index (χ0v) is 14.9. The number of ether oxygens (including phenoxy) is 2. The third kappa shape index (κ3) is 4.40. The highest BCUT2D eigenvalue weighted by Crippen LogP contribution is 2.25. The lowest BCUT2D eigenvalue weighted by Gasteiger charge is -2.38. The molecule has 1 fully saturated rings. The lowest BCUT2D eigenvalue weighted by molar-refractivity contribution is -0.144. The van der Waals surface area contributed by atoms with Gasteiger partial charge in [0, 0.05) is 6.42 Å². The van der Waals surface area contributed by atoms with E-state index in [9.17, 15) is 4.79 Å². The van der Waals surface area contributed by atoms with E-state index in [0.29, 0.717) is 19.6 Å². The lowest BCUT2D eigenvalue weighted by atomic mass is 10.0. The van der Waals surface area contributed by atoms with Crippen LogP contribution in [-0.4, -0.2) is 37.1 Å². The second-order valence-corrected chi connectivity index (χ2v) is 6.48. The van der Waals surface area contributed by atoms with Gasteiger partial charge in [-0.15, -0.1) is 0 Å². The number of aryl methyl sites for hydroxylation is 1. The molecule has 0 aromatic heterocycles. The van der Waals surface area contributed by atoms with Gasteiger partial charge in [-0.2, -0.15) is 0 Å². The Morgan fingerprint density at radius 1 is 1.16 bits per heavy atom. The van der Waals surface area contributed by atoms with Crippen LogP contribution in [0, 0.1) is 0 Å². The van der Waals surface area contributed by atoms with Gasteiger partial charge in [0.2, 0.25) is 5.91 Å². The number of nitrogens with zero attached hydrogens (tertiary/aromatic N) is 1. The van der Waals surface area contributed by atoms with E-state index in [0.717, 1.165) is 23.3 Å². The zero-order chi connectivity index (χ0) is 17.6. The van der Waals surface area contributed by atoms with Gasteiger partial charge in [0.25, 0.3) is 0 Å². The number of benzene rings is 2. The first-order chi connectivity index (χ1) is 12.2. The SMILES string of the molecule is COc1ccc(CCC(=O)N2CC(c3ccccc3)OCC2C)cc1. The third-order valence-corrected chi connectivity index (χ3v) is 4.71. The van der Waals surface area contributed by atoms with Crippen molar-refractivity contribution in [1.82, 2.24) is 4.90 Å². The van der Waals surface area contributed by atoms with Gasteiger partial charge >= 0.3 is 0 Å². The zero-order valence-electron chi connectivity index (χ0n) is 14.9. The molecule has 132 valence electrons. The molecule has 0 aliphatic carbocycles. The Morgan fingerprint density at radius 2 is 1.88 bits per heavy atom.